The number of amides is 2. The Bertz CT molecular complexity index is 1540. The molecule has 2 amide bonds. The third kappa shape index (κ3) is 6.68. The van der Waals surface area contributed by atoms with E-state index in [-0.39, 0.29) is 24.3 Å². The highest BCUT2D eigenvalue weighted by Crippen LogP contribution is 2.35. The summed E-state index contributed by atoms with van der Waals surface area (Å²) in [6.07, 6.45) is 9.89. The van der Waals surface area contributed by atoms with Crippen LogP contribution in [0.5, 0.6) is 0 Å². The molecule has 2 aliphatic rings. The Labute approximate surface area is 250 Å². The fourth-order valence-electron chi connectivity index (χ4n) is 6.35. The summed E-state index contributed by atoms with van der Waals surface area (Å²) in [7, 11) is 0. The van der Waals surface area contributed by atoms with Crippen molar-refractivity contribution in [2.75, 3.05) is 4.90 Å². The number of halogens is 1. The number of carbonyl (C=O) groups is 2. The normalized spacial score (nSPS) is 16.7. The van der Waals surface area contributed by atoms with Gasteiger partial charge >= 0.3 is 0 Å². The molecule has 0 aliphatic heterocycles. The van der Waals surface area contributed by atoms with Gasteiger partial charge in [0.05, 0.1) is 0 Å². The Balaban J connectivity index is 1.35. The zero-order valence-corrected chi connectivity index (χ0v) is 24.4. The van der Waals surface area contributed by atoms with Gasteiger partial charge in [-0.3, -0.25) is 14.5 Å². The van der Waals surface area contributed by atoms with Gasteiger partial charge < -0.3 is 9.73 Å². The summed E-state index contributed by atoms with van der Waals surface area (Å²) in [4.78, 5) is 30.9. The van der Waals surface area contributed by atoms with Gasteiger partial charge in [0.2, 0.25) is 11.7 Å². The predicted octanol–water partition coefficient (Wildman–Crippen LogP) is 6.26. The van der Waals surface area contributed by atoms with Gasteiger partial charge in [0.25, 0.3) is 5.91 Å². The van der Waals surface area contributed by atoms with E-state index < -0.39 is 17.8 Å². The number of aromatic nitrogens is 4. The molecule has 10 heteroatoms. The van der Waals surface area contributed by atoms with Crippen molar-refractivity contribution in [3.8, 4) is 11.6 Å². The van der Waals surface area contributed by atoms with E-state index in [9.17, 15) is 14.0 Å². The summed E-state index contributed by atoms with van der Waals surface area (Å²) in [5, 5.41) is 15.7. The summed E-state index contributed by atoms with van der Waals surface area (Å²) in [5.74, 6) is 0.794. The fourth-order valence-corrected chi connectivity index (χ4v) is 6.35. The number of tetrazole rings is 1. The van der Waals surface area contributed by atoms with Gasteiger partial charge in [-0.15, -0.1) is 10.2 Å². The van der Waals surface area contributed by atoms with Crippen molar-refractivity contribution in [2.24, 2.45) is 0 Å². The topological polar surface area (TPSA) is 106 Å². The molecule has 9 nitrogen and oxygen atoms in total. The van der Waals surface area contributed by atoms with E-state index in [4.69, 9.17) is 4.42 Å². The monoisotopic (exact) mass is 584 g/mol. The lowest BCUT2D eigenvalue weighted by molar-refractivity contribution is -0.127. The Morgan fingerprint density at radius 3 is 2.33 bits per heavy atom. The van der Waals surface area contributed by atoms with Crippen LogP contribution in [0.3, 0.4) is 0 Å². The lowest BCUT2D eigenvalue weighted by Crippen LogP contribution is -2.47. The van der Waals surface area contributed by atoms with Gasteiger partial charge in [-0.25, -0.2) is 4.39 Å². The van der Waals surface area contributed by atoms with Crippen molar-refractivity contribution in [1.29, 1.82) is 0 Å². The van der Waals surface area contributed by atoms with Crippen LogP contribution in [0.15, 0.2) is 65.1 Å². The molecule has 2 heterocycles. The van der Waals surface area contributed by atoms with E-state index in [0.29, 0.717) is 28.7 Å². The minimum absolute atomic E-state index is 0.0392. The first-order valence-corrected chi connectivity index (χ1v) is 15.3. The van der Waals surface area contributed by atoms with Crippen molar-refractivity contribution >= 4 is 17.5 Å². The molecule has 0 radical (unpaired) electrons. The first-order valence-electron chi connectivity index (χ1n) is 15.3. The van der Waals surface area contributed by atoms with Crippen molar-refractivity contribution in [1.82, 2.24) is 25.5 Å². The largest absolute Gasteiger partial charge is 0.458 e. The van der Waals surface area contributed by atoms with Gasteiger partial charge in [-0.2, -0.15) is 4.80 Å². The van der Waals surface area contributed by atoms with E-state index in [1.807, 2.05) is 19.1 Å². The minimum atomic E-state index is -1.02. The quantitative estimate of drug-likeness (QED) is 0.249. The number of carbonyl (C=O) groups excluding carboxylic acids is 2. The average Bonchev–Trinajstić information content (AvgIpc) is 3.80. The molecule has 4 aromatic rings. The highest BCUT2D eigenvalue weighted by atomic mass is 19.1. The highest BCUT2D eigenvalue weighted by molar-refractivity contribution is 6.01. The minimum Gasteiger partial charge on any atom is -0.458 e. The number of rotatable bonds is 9. The number of benzene rings is 2. The van der Waals surface area contributed by atoms with E-state index >= 15 is 0 Å². The van der Waals surface area contributed by atoms with E-state index in [2.05, 4.69) is 32.9 Å². The summed E-state index contributed by atoms with van der Waals surface area (Å²) in [6.45, 7) is 1.56. The summed E-state index contributed by atoms with van der Waals surface area (Å²) in [5.41, 5.74) is 2.32. The van der Waals surface area contributed by atoms with Crippen LogP contribution in [0, 0.1) is 12.7 Å². The average molecular weight is 585 g/mol. The van der Waals surface area contributed by atoms with E-state index in [0.717, 1.165) is 38.5 Å². The molecule has 2 fully saturated rings. The molecular weight excluding hydrogens is 547 g/mol. The third-order valence-corrected chi connectivity index (χ3v) is 8.60. The van der Waals surface area contributed by atoms with Crippen molar-refractivity contribution in [3.63, 3.8) is 0 Å². The van der Waals surface area contributed by atoms with Gasteiger partial charge in [0, 0.05) is 11.7 Å². The van der Waals surface area contributed by atoms with Gasteiger partial charge in [0.1, 0.15) is 24.2 Å². The number of aryl methyl sites for hydroxylation is 1. The molecule has 1 unspecified atom stereocenters. The molecule has 2 aliphatic carbocycles. The second kappa shape index (κ2) is 12.9. The van der Waals surface area contributed by atoms with Crippen LogP contribution in [0.2, 0.25) is 0 Å². The lowest BCUT2D eigenvalue weighted by atomic mass is 9.84. The van der Waals surface area contributed by atoms with Crippen LogP contribution in [-0.2, 0) is 16.1 Å². The first-order chi connectivity index (χ1) is 20.9. The van der Waals surface area contributed by atoms with Gasteiger partial charge in [0.15, 0.2) is 5.76 Å². The Kier molecular flexibility index (Phi) is 8.62. The van der Waals surface area contributed by atoms with Crippen LogP contribution < -0.4 is 10.2 Å². The Hall–Kier alpha value is -4.34. The van der Waals surface area contributed by atoms with Crippen molar-refractivity contribution in [3.05, 3.63) is 83.4 Å². The number of furan rings is 1. The lowest BCUT2D eigenvalue weighted by Gasteiger charge is -2.32. The smallest absolute Gasteiger partial charge is 0.251 e. The number of nitrogens with one attached hydrogen (secondary N) is 1. The van der Waals surface area contributed by atoms with E-state index in [1.54, 1.807) is 24.3 Å². The molecule has 43 heavy (non-hydrogen) atoms. The van der Waals surface area contributed by atoms with Crippen LogP contribution in [0.4, 0.5) is 10.1 Å². The number of hydrogen-bond donors (Lipinski definition) is 1. The van der Waals surface area contributed by atoms with Crippen molar-refractivity contribution < 1.29 is 18.4 Å². The second-order valence-corrected chi connectivity index (χ2v) is 11.7. The van der Waals surface area contributed by atoms with E-state index in [1.165, 1.54) is 46.7 Å². The fraction of sp³-hybridized carbons (Fsp3) is 0.424. The maximum absolute atomic E-state index is 14.2. The van der Waals surface area contributed by atoms with Crippen LogP contribution in [0.25, 0.3) is 11.6 Å². The second-order valence-electron chi connectivity index (χ2n) is 11.7. The molecule has 0 spiro atoms. The van der Waals surface area contributed by atoms with Gasteiger partial charge in [-0.05, 0) is 91.3 Å². The zero-order valence-electron chi connectivity index (χ0n) is 24.4. The van der Waals surface area contributed by atoms with Gasteiger partial charge in [-0.1, -0.05) is 56.4 Å². The molecule has 2 aromatic carbocycles. The molecular formula is C33H37FN6O3. The molecule has 2 saturated carbocycles. The molecule has 0 saturated heterocycles. The molecule has 0 bridgehead atoms. The Morgan fingerprint density at radius 2 is 1.65 bits per heavy atom. The SMILES string of the molecule is Cc1ccc(-c2nnn(CC(=O)N(c3ccc(C4CCCCC4)cc3)C(C(=O)NC3CCCC3)c3ccc(F)cc3)n2)o1. The number of nitrogens with zero attached hydrogens (tertiary/aromatic N) is 5. The maximum atomic E-state index is 14.2. The van der Waals surface area contributed by atoms with Crippen molar-refractivity contribution in [2.45, 2.75) is 89.3 Å². The molecule has 2 aromatic heterocycles. The predicted molar refractivity (Wildman–Crippen MR) is 160 cm³/mol. The standard InChI is InChI=1S/C33H37FN6O3/c1-22-11-20-29(43-22)32-36-38-39(37-32)21-30(41)40(28-18-14-24(15-19-28)23-7-3-2-4-8-23)31(25-12-16-26(34)17-13-25)33(42)35-27-9-5-6-10-27/h11-20,23,27,31H,2-10,21H2,1H3,(H,35,42). The molecule has 224 valence electrons. The molecule has 1 atom stereocenters. The van der Waals surface area contributed by atoms with Crippen LogP contribution >= 0.6 is 0 Å². The summed E-state index contributed by atoms with van der Waals surface area (Å²) >= 11 is 0. The van der Waals surface area contributed by atoms with Crippen LogP contribution in [-0.4, -0.2) is 38.1 Å². The summed E-state index contributed by atoms with van der Waals surface area (Å²) in [6, 6.07) is 16.3. The molecule has 6 rings (SSSR count). The number of anilines is 1. The Morgan fingerprint density at radius 1 is 0.953 bits per heavy atom. The highest BCUT2D eigenvalue weighted by Gasteiger charge is 2.35. The first kappa shape index (κ1) is 28.8. The zero-order chi connectivity index (χ0) is 29.8. The summed E-state index contributed by atoms with van der Waals surface area (Å²) < 4.78 is 19.6. The third-order valence-electron chi connectivity index (χ3n) is 8.60. The molecule has 1 N–H and O–H groups in total. The van der Waals surface area contributed by atoms with Crippen LogP contribution in [0.1, 0.15) is 86.6 Å². The maximum Gasteiger partial charge on any atom is 0.251 e. The number of hydrogen-bond acceptors (Lipinski definition) is 6.